The van der Waals surface area contributed by atoms with Crippen molar-refractivity contribution < 1.29 is 4.79 Å². The Balaban J connectivity index is 2.66. The molecule has 16 heavy (non-hydrogen) atoms. The summed E-state index contributed by atoms with van der Waals surface area (Å²) in [4.78, 5) is 11.7. The van der Waals surface area contributed by atoms with Crippen LogP contribution in [0.2, 0.25) is 0 Å². The average molecular weight is 222 g/mol. The average Bonchev–Trinajstić information content (AvgIpc) is 2.46. The molecule has 1 atom stereocenters. The van der Waals surface area contributed by atoms with Crippen LogP contribution < -0.4 is 5.32 Å². The van der Waals surface area contributed by atoms with Gasteiger partial charge in [-0.05, 0) is 38.8 Å². The molecule has 0 saturated heterocycles. The van der Waals surface area contributed by atoms with Crippen LogP contribution in [0.3, 0.4) is 0 Å². The molecule has 3 nitrogen and oxygen atoms in total. The van der Waals surface area contributed by atoms with Gasteiger partial charge < -0.3 is 9.88 Å². The maximum Gasteiger partial charge on any atom is 0.224 e. The van der Waals surface area contributed by atoms with Crippen molar-refractivity contribution in [2.24, 2.45) is 7.05 Å². The predicted octanol–water partition coefficient (Wildman–Crippen LogP) is 2.10. The Labute approximate surface area is 97.8 Å². The summed E-state index contributed by atoms with van der Waals surface area (Å²) in [5.41, 5.74) is 3.50. The first-order chi connectivity index (χ1) is 7.45. The van der Waals surface area contributed by atoms with E-state index in [0.29, 0.717) is 6.42 Å². The molecule has 0 bridgehead atoms. The molecule has 1 rings (SSSR count). The van der Waals surface area contributed by atoms with Gasteiger partial charge in [0.25, 0.3) is 0 Å². The molecule has 0 radical (unpaired) electrons. The van der Waals surface area contributed by atoms with Crippen molar-refractivity contribution in [1.82, 2.24) is 9.88 Å². The lowest BCUT2D eigenvalue weighted by Crippen LogP contribution is -2.33. The van der Waals surface area contributed by atoms with Crippen molar-refractivity contribution in [1.29, 1.82) is 0 Å². The van der Waals surface area contributed by atoms with Crippen molar-refractivity contribution >= 4 is 5.91 Å². The normalized spacial score (nSPS) is 12.6. The van der Waals surface area contributed by atoms with Gasteiger partial charge >= 0.3 is 0 Å². The van der Waals surface area contributed by atoms with E-state index in [1.54, 1.807) is 0 Å². The van der Waals surface area contributed by atoms with Crippen LogP contribution >= 0.6 is 0 Å². The Morgan fingerprint density at radius 1 is 1.50 bits per heavy atom. The van der Waals surface area contributed by atoms with E-state index in [2.05, 4.69) is 36.7 Å². The Bertz CT molecular complexity index is 380. The lowest BCUT2D eigenvalue weighted by Gasteiger charge is -2.11. The fourth-order valence-corrected chi connectivity index (χ4v) is 1.71. The summed E-state index contributed by atoms with van der Waals surface area (Å²) in [6, 6.07) is 2.35. The van der Waals surface area contributed by atoms with Gasteiger partial charge in [-0.2, -0.15) is 0 Å². The summed E-state index contributed by atoms with van der Waals surface area (Å²) in [5.74, 6) is 0.114. The van der Waals surface area contributed by atoms with E-state index in [9.17, 15) is 4.79 Å². The number of nitrogens with zero attached hydrogens (tertiary/aromatic N) is 1. The van der Waals surface area contributed by atoms with Crippen LogP contribution in [0.1, 0.15) is 37.2 Å². The van der Waals surface area contributed by atoms with Crippen LogP contribution in [0, 0.1) is 13.8 Å². The van der Waals surface area contributed by atoms with Crippen molar-refractivity contribution in [3.8, 4) is 0 Å². The molecule has 3 heteroatoms. The molecule has 1 aromatic heterocycles. The highest BCUT2D eigenvalue weighted by molar-refractivity contribution is 5.79. The minimum atomic E-state index is 0.114. The summed E-state index contributed by atoms with van der Waals surface area (Å²) >= 11 is 0. The minimum absolute atomic E-state index is 0.114. The molecule has 1 heterocycles. The number of hydrogen-bond acceptors (Lipinski definition) is 1. The first-order valence-corrected chi connectivity index (χ1v) is 5.86. The highest BCUT2D eigenvalue weighted by atomic mass is 16.1. The summed E-state index contributed by atoms with van der Waals surface area (Å²) in [7, 11) is 2.03. The highest BCUT2D eigenvalue weighted by Crippen LogP contribution is 2.13. The molecule has 1 unspecified atom stereocenters. The number of carbonyl (C=O) groups is 1. The molecular formula is C13H22N2O. The number of carbonyl (C=O) groups excluding carboxylic acids is 1. The van der Waals surface area contributed by atoms with E-state index in [1.807, 2.05) is 14.0 Å². The van der Waals surface area contributed by atoms with E-state index in [1.165, 1.54) is 11.4 Å². The standard InChI is InChI=1S/C13H22N2O/c1-6-9(2)14-13(16)8-12-7-10(3)15(5)11(12)4/h7,9H,6,8H2,1-5H3,(H,14,16). The zero-order valence-electron chi connectivity index (χ0n) is 10.9. The van der Waals surface area contributed by atoms with Gasteiger partial charge in [0.15, 0.2) is 0 Å². The monoisotopic (exact) mass is 222 g/mol. The summed E-state index contributed by atoms with van der Waals surface area (Å²) in [6.45, 7) is 8.21. The van der Waals surface area contributed by atoms with Gasteiger partial charge in [0.2, 0.25) is 5.91 Å². The maximum absolute atomic E-state index is 11.7. The van der Waals surface area contributed by atoms with E-state index < -0.39 is 0 Å². The second-order valence-corrected chi connectivity index (χ2v) is 4.51. The van der Waals surface area contributed by atoms with E-state index in [4.69, 9.17) is 0 Å². The van der Waals surface area contributed by atoms with Crippen molar-refractivity contribution in [3.63, 3.8) is 0 Å². The topological polar surface area (TPSA) is 34.0 Å². The zero-order valence-corrected chi connectivity index (χ0v) is 10.9. The number of aryl methyl sites for hydroxylation is 1. The molecule has 0 fully saturated rings. The van der Waals surface area contributed by atoms with Crippen LogP contribution in [0.15, 0.2) is 6.07 Å². The van der Waals surface area contributed by atoms with Gasteiger partial charge in [-0.25, -0.2) is 0 Å². The number of nitrogens with one attached hydrogen (secondary N) is 1. The van der Waals surface area contributed by atoms with Gasteiger partial charge in [-0.1, -0.05) is 6.92 Å². The fourth-order valence-electron chi connectivity index (χ4n) is 1.71. The number of aromatic nitrogens is 1. The molecule has 0 aromatic carbocycles. The SMILES string of the molecule is CCC(C)NC(=O)Cc1cc(C)n(C)c1C. The Morgan fingerprint density at radius 2 is 2.12 bits per heavy atom. The molecule has 0 aliphatic heterocycles. The summed E-state index contributed by atoms with van der Waals surface area (Å²) in [5, 5.41) is 2.99. The molecule has 0 spiro atoms. The maximum atomic E-state index is 11.7. The summed E-state index contributed by atoms with van der Waals surface area (Å²) in [6.07, 6.45) is 1.45. The Hall–Kier alpha value is -1.25. The third kappa shape index (κ3) is 2.87. The van der Waals surface area contributed by atoms with Crippen LogP contribution in [-0.2, 0) is 18.3 Å². The fraction of sp³-hybridized carbons (Fsp3) is 0.615. The van der Waals surface area contributed by atoms with Crippen molar-refractivity contribution in [3.05, 3.63) is 23.0 Å². The molecule has 0 saturated carbocycles. The Kier molecular flexibility index (Phi) is 4.16. The second kappa shape index (κ2) is 5.19. The van der Waals surface area contributed by atoms with Crippen molar-refractivity contribution in [2.45, 2.75) is 46.6 Å². The number of rotatable bonds is 4. The molecule has 1 N–H and O–H groups in total. The minimum Gasteiger partial charge on any atom is -0.353 e. The lowest BCUT2D eigenvalue weighted by molar-refractivity contribution is -0.121. The van der Waals surface area contributed by atoms with Crippen LogP contribution in [0.4, 0.5) is 0 Å². The molecule has 1 amide bonds. The van der Waals surface area contributed by atoms with E-state index in [-0.39, 0.29) is 11.9 Å². The molecule has 1 aromatic rings. The first kappa shape index (κ1) is 12.8. The number of hydrogen-bond donors (Lipinski definition) is 1. The highest BCUT2D eigenvalue weighted by Gasteiger charge is 2.11. The van der Waals surface area contributed by atoms with Crippen LogP contribution in [-0.4, -0.2) is 16.5 Å². The first-order valence-electron chi connectivity index (χ1n) is 5.86. The second-order valence-electron chi connectivity index (χ2n) is 4.51. The lowest BCUT2D eigenvalue weighted by atomic mass is 10.1. The van der Waals surface area contributed by atoms with Gasteiger partial charge in [-0.15, -0.1) is 0 Å². The van der Waals surface area contributed by atoms with Gasteiger partial charge in [-0.3, -0.25) is 4.79 Å². The van der Waals surface area contributed by atoms with E-state index >= 15 is 0 Å². The third-order valence-electron chi connectivity index (χ3n) is 3.25. The van der Waals surface area contributed by atoms with Gasteiger partial charge in [0.05, 0.1) is 6.42 Å². The van der Waals surface area contributed by atoms with E-state index in [0.717, 1.165) is 12.0 Å². The molecular weight excluding hydrogens is 200 g/mol. The molecule has 0 aliphatic rings. The predicted molar refractivity (Wildman–Crippen MR) is 66.5 cm³/mol. The molecule has 90 valence electrons. The Morgan fingerprint density at radius 3 is 2.56 bits per heavy atom. The summed E-state index contributed by atoms with van der Waals surface area (Å²) < 4.78 is 2.12. The van der Waals surface area contributed by atoms with Gasteiger partial charge in [0, 0.05) is 24.5 Å². The van der Waals surface area contributed by atoms with Crippen molar-refractivity contribution in [2.75, 3.05) is 0 Å². The smallest absolute Gasteiger partial charge is 0.224 e. The number of amides is 1. The van der Waals surface area contributed by atoms with Gasteiger partial charge in [0.1, 0.15) is 0 Å². The third-order valence-corrected chi connectivity index (χ3v) is 3.25. The largest absolute Gasteiger partial charge is 0.353 e. The zero-order chi connectivity index (χ0) is 12.3. The quantitative estimate of drug-likeness (QED) is 0.831. The van der Waals surface area contributed by atoms with Crippen LogP contribution in [0.5, 0.6) is 0 Å². The molecule has 0 aliphatic carbocycles. The van der Waals surface area contributed by atoms with Crippen LogP contribution in [0.25, 0.3) is 0 Å².